The summed E-state index contributed by atoms with van der Waals surface area (Å²) in [4.78, 5) is 59.4. The molecular formula is C37H36F6N6O12S. The van der Waals surface area contributed by atoms with Crippen molar-refractivity contribution in [2.75, 3.05) is 14.2 Å². The van der Waals surface area contributed by atoms with E-state index in [0.717, 1.165) is 55.0 Å². The van der Waals surface area contributed by atoms with E-state index in [-0.39, 0.29) is 23.0 Å². The predicted molar refractivity (Wildman–Crippen MR) is 203 cm³/mol. The average Bonchev–Trinajstić information content (AvgIpc) is 3.50. The van der Waals surface area contributed by atoms with Gasteiger partial charge < -0.3 is 23.7 Å². The molecule has 0 bridgehead atoms. The van der Waals surface area contributed by atoms with Crippen molar-refractivity contribution < 1.29 is 68.0 Å². The number of carbonyl (C=O) groups is 2. The van der Waals surface area contributed by atoms with Crippen molar-refractivity contribution in [1.82, 2.24) is 28.2 Å². The molecule has 3 aromatic carbocycles. The number of carbonyl (C=O) groups excluding carboxylic acids is 2. The smallest absolute Gasteiger partial charge is 0.489 e. The van der Waals surface area contributed by atoms with Gasteiger partial charge in [-0.1, -0.05) is 31.2 Å². The summed E-state index contributed by atoms with van der Waals surface area (Å²) < 4.78 is 129. The molecule has 0 saturated heterocycles. The molecule has 5 aromatic rings. The number of amides is 1. The standard InChI is InChI=1S/C25H25F3N2O6.C12H11F3N4O6S/c1-5-16-6-7-17(20(12-16)36-15(2)23(32)34-4)14-35-19-10-8-18(9-11-19)30-22(31)13-21(25(26,27)28)29(3)24(30)33;1-18-10(24-2)16-19(11(18)21)9(20)17-26(22,23)8-6-4-3-5-7(8)25-12(13,14)15/h6-13,15H,5,14H2,1-4H3;3-6H,1-2H3,(H,17,20). The van der Waals surface area contributed by atoms with E-state index >= 15 is 0 Å². The first-order valence-electron chi connectivity index (χ1n) is 17.5. The van der Waals surface area contributed by atoms with Gasteiger partial charge in [-0.2, -0.15) is 13.2 Å². The Morgan fingerprint density at radius 2 is 1.50 bits per heavy atom. The third-order valence-electron chi connectivity index (χ3n) is 8.38. The number of esters is 1. The van der Waals surface area contributed by atoms with Crippen LogP contribution in [-0.2, 0) is 52.9 Å². The fourth-order valence-corrected chi connectivity index (χ4v) is 6.32. The van der Waals surface area contributed by atoms with Crippen molar-refractivity contribution in [3.8, 4) is 28.9 Å². The number of ether oxygens (including phenoxy) is 5. The lowest BCUT2D eigenvalue weighted by atomic mass is 10.1. The third-order valence-corrected chi connectivity index (χ3v) is 9.74. The Morgan fingerprint density at radius 3 is 2.06 bits per heavy atom. The van der Waals surface area contributed by atoms with Crippen LogP contribution in [-0.4, -0.2) is 70.6 Å². The van der Waals surface area contributed by atoms with Gasteiger partial charge in [-0.15, -0.1) is 23.0 Å². The number of nitrogens with zero attached hydrogens (tertiary/aromatic N) is 5. The van der Waals surface area contributed by atoms with E-state index in [1.54, 1.807) is 6.92 Å². The Hall–Kier alpha value is -7.05. The first-order chi connectivity index (χ1) is 28.9. The van der Waals surface area contributed by atoms with Gasteiger partial charge in [0.05, 0.1) is 19.9 Å². The number of para-hydroxylation sites is 1. The maximum absolute atomic E-state index is 13.1. The van der Waals surface area contributed by atoms with Crippen LogP contribution in [0, 0.1) is 0 Å². The number of aryl methyl sites for hydroxylation is 1. The largest absolute Gasteiger partial charge is 0.573 e. The highest BCUT2D eigenvalue weighted by molar-refractivity contribution is 7.90. The Balaban J connectivity index is 0.000000287. The molecule has 2 heterocycles. The molecule has 1 atom stereocenters. The van der Waals surface area contributed by atoms with E-state index in [4.69, 9.17) is 18.9 Å². The second kappa shape index (κ2) is 19.1. The second-order valence-corrected chi connectivity index (χ2v) is 14.2. The Morgan fingerprint density at radius 1 is 0.855 bits per heavy atom. The lowest BCUT2D eigenvalue weighted by Crippen LogP contribution is -2.40. The minimum Gasteiger partial charge on any atom is -0.489 e. The van der Waals surface area contributed by atoms with Gasteiger partial charge in [0.15, 0.2) is 6.10 Å². The maximum Gasteiger partial charge on any atom is 0.573 e. The zero-order valence-electron chi connectivity index (χ0n) is 33.2. The zero-order valence-corrected chi connectivity index (χ0v) is 34.0. The highest BCUT2D eigenvalue weighted by Gasteiger charge is 2.36. The summed E-state index contributed by atoms with van der Waals surface area (Å²) in [5.74, 6) is -0.735. The Bertz CT molecular complexity index is 2730. The normalized spacial score (nSPS) is 12.1. The Labute approximate surface area is 346 Å². The van der Waals surface area contributed by atoms with E-state index in [9.17, 15) is 58.7 Å². The van der Waals surface area contributed by atoms with Crippen LogP contribution in [0.4, 0.5) is 31.1 Å². The molecular weight excluding hydrogens is 866 g/mol. The van der Waals surface area contributed by atoms with Crippen molar-refractivity contribution in [3.05, 3.63) is 121 Å². The van der Waals surface area contributed by atoms with E-state index in [1.165, 1.54) is 43.1 Å². The van der Waals surface area contributed by atoms with Crippen molar-refractivity contribution in [2.45, 2.75) is 50.4 Å². The van der Waals surface area contributed by atoms with Gasteiger partial charge in [0.25, 0.3) is 15.6 Å². The molecule has 62 heavy (non-hydrogen) atoms. The SMILES string of the molecule is CCc1ccc(COc2ccc(-n3c(=O)cc(C(F)(F)F)n(C)c3=O)cc2)c(OC(C)C(=O)OC)c1.COc1nn(C(=O)NS(=O)(=O)c2ccccc2OC(F)(F)F)c(=O)n1C. The quantitative estimate of drug-likeness (QED) is 0.139. The lowest BCUT2D eigenvalue weighted by molar-refractivity contribution is -0.275. The summed E-state index contributed by atoms with van der Waals surface area (Å²) in [6.45, 7) is 3.63. The second-order valence-electron chi connectivity index (χ2n) is 12.5. The molecule has 334 valence electrons. The van der Waals surface area contributed by atoms with Crippen LogP contribution in [0.3, 0.4) is 0 Å². The summed E-state index contributed by atoms with van der Waals surface area (Å²) in [6.07, 6.45) is -10.1. The molecule has 18 nitrogen and oxygen atoms in total. The molecule has 25 heteroatoms. The van der Waals surface area contributed by atoms with Gasteiger partial charge >= 0.3 is 41.9 Å². The van der Waals surface area contributed by atoms with Gasteiger partial charge in [0, 0.05) is 25.7 Å². The number of methoxy groups -OCH3 is 2. The van der Waals surface area contributed by atoms with Crippen LogP contribution in [0.25, 0.3) is 5.69 Å². The van der Waals surface area contributed by atoms with Crippen LogP contribution in [0.5, 0.6) is 23.3 Å². The molecule has 0 radical (unpaired) electrons. The number of rotatable bonds is 12. The van der Waals surface area contributed by atoms with E-state index in [2.05, 4.69) is 9.84 Å². The fraction of sp³-hybridized carbons (Fsp3) is 0.297. The first-order valence-corrected chi connectivity index (χ1v) is 19.0. The van der Waals surface area contributed by atoms with Crippen molar-refractivity contribution in [3.63, 3.8) is 0 Å². The molecule has 0 saturated carbocycles. The molecule has 0 spiro atoms. The summed E-state index contributed by atoms with van der Waals surface area (Å²) in [7, 11) is -0.228. The molecule has 0 aliphatic rings. The minimum absolute atomic E-state index is 0.0779. The summed E-state index contributed by atoms with van der Waals surface area (Å²) in [5, 5.41) is 3.44. The van der Waals surface area contributed by atoms with Crippen LogP contribution < -0.4 is 40.6 Å². The number of sulfonamides is 1. The summed E-state index contributed by atoms with van der Waals surface area (Å²) >= 11 is 0. The number of aromatic nitrogens is 5. The average molecular weight is 903 g/mol. The van der Waals surface area contributed by atoms with Gasteiger partial charge in [0.1, 0.15) is 34.4 Å². The van der Waals surface area contributed by atoms with Crippen molar-refractivity contribution >= 4 is 22.0 Å². The van der Waals surface area contributed by atoms with Crippen molar-refractivity contribution in [2.24, 2.45) is 14.1 Å². The van der Waals surface area contributed by atoms with E-state index in [1.807, 2.05) is 25.1 Å². The Kier molecular flexibility index (Phi) is 14.7. The molecule has 1 unspecified atom stereocenters. The number of benzene rings is 3. The highest BCUT2D eigenvalue weighted by atomic mass is 32.2. The van der Waals surface area contributed by atoms with Crippen LogP contribution in [0.2, 0.25) is 0 Å². The van der Waals surface area contributed by atoms with E-state index in [0.29, 0.717) is 32.3 Å². The van der Waals surface area contributed by atoms with Gasteiger partial charge in [-0.25, -0.2) is 41.5 Å². The van der Waals surface area contributed by atoms with Crippen LogP contribution in [0.15, 0.2) is 92.1 Å². The monoisotopic (exact) mass is 902 g/mol. The molecule has 0 aliphatic carbocycles. The van der Waals surface area contributed by atoms with Crippen LogP contribution in [0.1, 0.15) is 30.7 Å². The summed E-state index contributed by atoms with van der Waals surface area (Å²) in [5.41, 5.74) is -2.84. The third kappa shape index (κ3) is 11.4. The number of alkyl halides is 6. The molecule has 1 N–H and O–H groups in total. The molecule has 5 rings (SSSR count). The van der Waals surface area contributed by atoms with Crippen molar-refractivity contribution in [1.29, 1.82) is 0 Å². The fourth-order valence-electron chi connectivity index (χ4n) is 5.26. The number of nitrogens with one attached hydrogen (secondary N) is 1. The van der Waals surface area contributed by atoms with E-state index < -0.39 is 73.9 Å². The summed E-state index contributed by atoms with van der Waals surface area (Å²) in [6, 6.07) is 13.6. The number of hydrogen-bond acceptors (Lipinski definition) is 13. The van der Waals surface area contributed by atoms with Gasteiger partial charge in [0.2, 0.25) is 0 Å². The first kappa shape index (κ1) is 47.6. The number of halogens is 6. The number of hydrogen-bond donors (Lipinski definition) is 1. The maximum atomic E-state index is 13.1. The van der Waals surface area contributed by atoms with Crippen LogP contribution >= 0.6 is 0 Å². The molecule has 0 aliphatic heterocycles. The zero-order chi connectivity index (χ0) is 46.3. The molecule has 2 aromatic heterocycles. The minimum atomic E-state index is -5.15. The lowest BCUT2D eigenvalue weighted by Gasteiger charge is -2.17. The topological polar surface area (TPSA) is 210 Å². The highest BCUT2D eigenvalue weighted by Crippen LogP contribution is 2.30. The predicted octanol–water partition coefficient (Wildman–Crippen LogP) is 4.07. The van der Waals surface area contributed by atoms with Gasteiger partial charge in [-0.3, -0.25) is 9.36 Å². The molecule has 1 amide bonds. The van der Waals surface area contributed by atoms with Gasteiger partial charge in [-0.05, 0) is 61.4 Å². The molecule has 0 fully saturated rings.